The standard InChI is InChI=1S/C13H19BrN2O/c1-11-3-2-4-12(13(11)14)15-5-6-16-7-9-17-10-8-16/h2-4,15H,5-10H2,1H3. The van der Waals surface area contributed by atoms with Crippen LogP contribution in [-0.4, -0.2) is 44.3 Å². The Balaban J connectivity index is 1.79. The van der Waals surface area contributed by atoms with E-state index in [2.05, 4.69) is 51.3 Å². The summed E-state index contributed by atoms with van der Waals surface area (Å²) in [6.45, 7) is 8.00. The summed E-state index contributed by atoms with van der Waals surface area (Å²) < 4.78 is 6.50. The van der Waals surface area contributed by atoms with Crippen LogP contribution >= 0.6 is 15.9 Å². The van der Waals surface area contributed by atoms with Gasteiger partial charge in [-0.3, -0.25) is 4.90 Å². The number of aryl methyl sites for hydroxylation is 1. The number of benzene rings is 1. The number of nitrogens with one attached hydrogen (secondary N) is 1. The van der Waals surface area contributed by atoms with E-state index in [0.717, 1.165) is 39.4 Å². The number of rotatable bonds is 4. The highest BCUT2D eigenvalue weighted by Gasteiger charge is 2.09. The fourth-order valence-corrected chi connectivity index (χ4v) is 2.36. The SMILES string of the molecule is Cc1cccc(NCCN2CCOCC2)c1Br. The molecule has 1 aromatic rings. The van der Waals surface area contributed by atoms with Crippen molar-refractivity contribution >= 4 is 21.6 Å². The quantitative estimate of drug-likeness (QED) is 0.924. The van der Waals surface area contributed by atoms with E-state index in [-0.39, 0.29) is 0 Å². The van der Waals surface area contributed by atoms with Gasteiger partial charge in [0.25, 0.3) is 0 Å². The smallest absolute Gasteiger partial charge is 0.0594 e. The van der Waals surface area contributed by atoms with Crippen LogP contribution < -0.4 is 5.32 Å². The predicted molar refractivity (Wildman–Crippen MR) is 74.6 cm³/mol. The summed E-state index contributed by atoms with van der Waals surface area (Å²) in [6.07, 6.45) is 0. The highest BCUT2D eigenvalue weighted by Crippen LogP contribution is 2.25. The van der Waals surface area contributed by atoms with E-state index in [0.29, 0.717) is 0 Å². The van der Waals surface area contributed by atoms with Crippen LogP contribution in [0.15, 0.2) is 22.7 Å². The summed E-state index contributed by atoms with van der Waals surface area (Å²) in [4.78, 5) is 2.43. The molecular weight excluding hydrogens is 280 g/mol. The zero-order valence-corrected chi connectivity index (χ0v) is 11.8. The average Bonchev–Trinajstić information content (AvgIpc) is 2.36. The minimum absolute atomic E-state index is 0.869. The van der Waals surface area contributed by atoms with Crippen molar-refractivity contribution in [1.29, 1.82) is 0 Å². The third-order valence-electron chi connectivity index (χ3n) is 3.04. The lowest BCUT2D eigenvalue weighted by Gasteiger charge is -2.26. The van der Waals surface area contributed by atoms with Crippen LogP contribution in [0.4, 0.5) is 5.69 Å². The van der Waals surface area contributed by atoms with Crippen LogP contribution in [-0.2, 0) is 4.74 Å². The molecule has 94 valence electrons. The third kappa shape index (κ3) is 3.69. The maximum Gasteiger partial charge on any atom is 0.0594 e. The van der Waals surface area contributed by atoms with Crippen LogP contribution in [0.1, 0.15) is 5.56 Å². The number of morpholine rings is 1. The van der Waals surface area contributed by atoms with Gasteiger partial charge in [-0.25, -0.2) is 0 Å². The van der Waals surface area contributed by atoms with E-state index in [9.17, 15) is 0 Å². The van der Waals surface area contributed by atoms with Crippen LogP contribution in [0.25, 0.3) is 0 Å². The molecule has 0 radical (unpaired) electrons. The summed E-state index contributed by atoms with van der Waals surface area (Å²) in [6, 6.07) is 6.30. The number of halogens is 1. The Morgan fingerprint density at radius 1 is 1.35 bits per heavy atom. The van der Waals surface area contributed by atoms with Gasteiger partial charge in [-0.2, -0.15) is 0 Å². The largest absolute Gasteiger partial charge is 0.383 e. The molecule has 0 atom stereocenters. The highest BCUT2D eigenvalue weighted by atomic mass is 79.9. The normalized spacial score (nSPS) is 17.1. The van der Waals surface area contributed by atoms with Gasteiger partial charge in [-0.05, 0) is 34.5 Å². The molecule has 1 aliphatic rings. The molecule has 0 spiro atoms. The third-order valence-corrected chi connectivity index (χ3v) is 4.09. The fourth-order valence-electron chi connectivity index (χ4n) is 1.96. The Labute approximate surface area is 111 Å². The molecule has 2 rings (SSSR count). The maximum absolute atomic E-state index is 5.33. The second kappa shape index (κ2) is 6.38. The monoisotopic (exact) mass is 298 g/mol. The van der Waals surface area contributed by atoms with Crippen LogP contribution in [0.5, 0.6) is 0 Å². The Morgan fingerprint density at radius 3 is 2.88 bits per heavy atom. The van der Waals surface area contributed by atoms with Crippen molar-refractivity contribution in [3.63, 3.8) is 0 Å². The van der Waals surface area contributed by atoms with Gasteiger partial charge in [0, 0.05) is 36.3 Å². The number of hydrogen-bond acceptors (Lipinski definition) is 3. The van der Waals surface area contributed by atoms with Crippen molar-refractivity contribution in [1.82, 2.24) is 4.90 Å². The number of anilines is 1. The second-order valence-corrected chi connectivity index (χ2v) is 5.11. The molecule has 1 N–H and O–H groups in total. The molecule has 0 saturated carbocycles. The Hall–Kier alpha value is -0.580. The van der Waals surface area contributed by atoms with E-state index in [1.165, 1.54) is 15.7 Å². The van der Waals surface area contributed by atoms with Crippen molar-refractivity contribution in [2.24, 2.45) is 0 Å². The van der Waals surface area contributed by atoms with Crippen molar-refractivity contribution in [2.45, 2.75) is 6.92 Å². The van der Waals surface area contributed by atoms with Gasteiger partial charge >= 0.3 is 0 Å². The van der Waals surface area contributed by atoms with Gasteiger partial charge < -0.3 is 10.1 Å². The number of ether oxygens (including phenoxy) is 1. The molecule has 0 aromatic heterocycles. The van der Waals surface area contributed by atoms with E-state index in [1.54, 1.807) is 0 Å². The van der Waals surface area contributed by atoms with Gasteiger partial charge in [0.2, 0.25) is 0 Å². The van der Waals surface area contributed by atoms with Crippen molar-refractivity contribution in [3.05, 3.63) is 28.2 Å². The number of nitrogens with zero attached hydrogens (tertiary/aromatic N) is 1. The van der Waals surface area contributed by atoms with Gasteiger partial charge in [-0.1, -0.05) is 12.1 Å². The van der Waals surface area contributed by atoms with Gasteiger partial charge in [-0.15, -0.1) is 0 Å². The van der Waals surface area contributed by atoms with Crippen LogP contribution in [0, 0.1) is 6.92 Å². The molecule has 1 aromatic carbocycles. The van der Waals surface area contributed by atoms with Crippen LogP contribution in [0.2, 0.25) is 0 Å². The molecule has 1 aliphatic heterocycles. The fraction of sp³-hybridized carbons (Fsp3) is 0.538. The van der Waals surface area contributed by atoms with Crippen molar-refractivity contribution in [3.8, 4) is 0 Å². The molecule has 1 saturated heterocycles. The minimum atomic E-state index is 0.869. The van der Waals surface area contributed by atoms with E-state index >= 15 is 0 Å². The molecule has 3 nitrogen and oxygen atoms in total. The minimum Gasteiger partial charge on any atom is -0.383 e. The van der Waals surface area contributed by atoms with Gasteiger partial charge in [0.05, 0.1) is 13.2 Å². The first-order valence-electron chi connectivity index (χ1n) is 6.06. The molecule has 0 aliphatic carbocycles. The van der Waals surface area contributed by atoms with Crippen molar-refractivity contribution < 1.29 is 4.74 Å². The first-order valence-corrected chi connectivity index (χ1v) is 6.86. The summed E-state index contributed by atoms with van der Waals surface area (Å²) in [5.41, 5.74) is 2.44. The predicted octanol–water partition coefficient (Wildman–Crippen LogP) is 2.50. The Bertz CT molecular complexity index is 364. The molecule has 1 heterocycles. The molecule has 0 amide bonds. The summed E-state index contributed by atoms with van der Waals surface area (Å²) >= 11 is 3.61. The maximum atomic E-state index is 5.33. The zero-order chi connectivity index (χ0) is 12.1. The molecule has 4 heteroatoms. The van der Waals surface area contributed by atoms with E-state index < -0.39 is 0 Å². The van der Waals surface area contributed by atoms with Crippen molar-refractivity contribution in [2.75, 3.05) is 44.7 Å². The van der Waals surface area contributed by atoms with Gasteiger partial charge in [0.1, 0.15) is 0 Å². The molecular formula is C13H19BrN2O. The highest BCUT2D eigenvalue weighted by molar-refractivity contribution is 9.10. The zero-order valence-electron chi connectivity index (χ0n) is 10.2. The number of hydrogen-bond donors (Lipinski definition) is 1. The lowest BCUT2D eigenvalue weighted by molar-refractivity contribution is 0.0398. The van der Waals surface area contributed by atoms with E-state index in [1.807, 2.05) is 0 Å². The first-order chi connectivity index (χ1) is 8.27. The van der Waals surface area contributed by atoms with Gasteiger partial charge in [0.15, 0.2) is 0 Å². The molecule has 0 bridgehead atoms. The first kappa shape index (κ1) is 12.9. The van der Waals surface area contributed by atoms with Crippen LogP contribution in [0.3, 0.4) is 0 Å². The second-order valence-electron chi connectivity index (χ2n) is 4.32. The molecule has 0 unspecified atom stereocenters. The average molecular weight is 299 g/mol. The Morgan fingerprint density at radius 2 is 2.12 bits per heavy atom. The summed E-state index contributed by atoms with van der Waals surface area (Å²) in [5.74, 6) is 0. The summed E-state index contributed by atoms with van der Waals surface area (Å²) in [7, 11) is 0. The molecule has 1 fully saturated rings. The van der Waals surface area contributed by atoms with E-state index in [4.69, 9.17) is 4.74 Å². The Kier molecular flexibility index (Phi) is 4.83. The molecule has 17 heavy (non-hydrogen) atoms. The summed E-state index contributed by atoms with van der Waals surface area (Å²) in [5, 5.41) is 3.47. The lowest BCUT2D eigenvalue weighted by Crippen LogP contribution is -2.39. The topological polar surface area (TPSA) is 24.5 Å². The lowest BCUT2D eigenvalue weighted by atomic mass is 10.2.